The summed E-state index contributed by atoms with van der Waals surface area (Å²) in [5.74, 6) is -0.0594. The van der Waals surface area contributed by atoms with Gasteiger partial charge >= 0.3 is 0 Å². The molecule has 0 spiro atoms. The van der Waals surface area contributed by atoms with E-state index >= 15 is 0 Å². The molecule has 23 heavy (non-hydrogen) atoms. The van der Waals surface area contributed by atoms with Crippen LogP contribution in [0.2, 0.25) is 5.02 Å². The lowest BCUT2D eigenvalue weighted by atomic mass is 10.3. The number of nitrogens with zero attached hydrogens (tertiary/aromatic N) is 2. The Morgan fingerprint density at radius 2 is 2.17 bits per heavy atom. The van der Waals surface area contributed by atoms with Crippen LogP contribution in [0.3, 0.4) is 0 Å². The van der Waals surface area contributed by atoms with Gasteiger partial charge < -0.3 is 4.74 Å². The molecule has 1 aromatic carbocycles. The van der Waals surface area contributed by atoms with Crippen molar-refractivity contribution >= 4 is 21.6 Å². The predicted molar refractivity (Wildman–Crippen MR) is 83.4 cm³/mol. The van der Waals surface area contributed by atoms with Crippen LogP contribution in [0.4, 0.5) is 4.39 Å². The summed E-state index contributed by atoms with van der Waals surface area (Å²) >= 11 is 5.91. The number of pyridine rings is 1. The number of hydrogen-bond donors (Lipinski definition) is 0. The largest absolute Gasteiger partial charge is 0.487 e. The number of ether oxygens (including phenoxy) is 1. The Kier molecular flexibility index (Phi) is 4.52. The van der Waals surface area contributed by atoms with Crippen LogP contribution in [0.5, 0.6) is 5.75 Å². The Morgan fingerprint density at radius 3 is 2.91 bits per heavy atom. The molecule has 1 saturated heterocycles. The van der Waals surface area contributed by atoms with Crippen molar-refractivity contribution in [3.8, 4) is 5.75 Å². The summed E-state index contributed by atoms with van der Waals surface area (Å²) in [4.78, 5) is 3.73. The lowest BCUT2D eigenvalue weighted by Crippen LogP contribution is -2.31. The van der Waals surface area contributed by atoms with E-state index in [0.717, 1.165) is 12.1 Å². The second-order valence-corrected chi connectivity index (χ2v) is 7.47. The standard InChI is InChI=1S/C15H14ClFN2O3S/c16-14-4-3-11(17)8-15(14)23(20,21)19-7-5-13(10-19)22-12-2-1-6-18-9-12/h1-4,6,8-9,13H,5,7,10H2/t13-/m1/s1. The van der Waals surface area contributed by atoms with Crippen molar-refractivity contribution in [1.82, 2.24) is 9.29 Å². The minimum atomic E-state index is -3.85. The number of aromatic nitrogens is 1. The van der Waals surface area contributed by atoms with Gasteiger partial charge in [-0.15, -0.1) is 0 Å². The molecule has 1 atom stereocenters. The first-order valence-electron chi connectivity index (χ1n) is 6.99. The van der Waals surface area contributed by atoms with E-state index in [4.69, 9.17) is 16.3 Å². The normalized spacial score (nSPS) is 19.0. The lowest BCUT2D eigenvalue weighted by molar-refractivity contribution is 0.214. The summed E-state index contributed by atoms with van der Waals surface area (Å²) in [6.45, 7) is 0.476. The Hall–Kier alpha value is -1.70. The molecule has 0 N–H and O–H groups in total. The molecule has 8 heteroatoms. The maximum atomic E-state index is 13.4. The summed E-state index contributed by atoms with van der Waals surface area (Å²) in [7, 11) is -3.85. The van der Waals surface area contributed by atoms with Gasteiger partial charge in [0.25, 0.3) is 0 Å². The first kappa shape index (κ1) is 16.2. The molecule has 5 nitrogen and oxygen atoms in total. The Labute approximate surface area is 138 Å². The van der Waals surface area contributed by atoms with Crippen molar-refractivity contribution < 1.29 is 17.5 Å². The summed E-state index contributed by atoms with van der Waals surface area (Å²) in [5, 5.41) is 0.00280. The minimum Gasteiger partial charge on any atom is -0.487 e. The molecule has 1 aromatic heterocycles. The Bertz CT molecular complexity index is 802. The van der Waals surface area contributed by atoms with Gasteiger partial charge in [0.1, 0.15) is 22.6 Å². The van der Waals surface area contributed by atoms with Crippen molar-refractivity contribution in [2.45, 2.75) is 17.4 Å². The molecule has 0 saturated carbocycles. The molecular weight excluding hydrogens is 343 g/mol. The third kappa shape index (κ3) is 3.46. The quantitative estimate of drug-likeness (QED) is 0.845. The molecule has 0 amide bonds. The highest BCUT2D eigenvalue weighted by molar-refractivity contribution is 7.89. The maximum absolute atomic E-state index is 13.4. The average Bonchev–Trinajstić information content (AvgIpc) is 3.00. The van der Waals surface area contributed by atoms with Crippen LogP contribution in [0.25, 0.3) is 0 Å². The SMILES string of the molecule is O=S(=O)(c1cc(F)ccc1Cl)N1CC[C@@H](Oc2cccnc2)C1. The van der Waals surface area contributed by atoms with Gasteiger partial charge in [-0.1, -0.05) is 11.6 Å². The van der Waals surface area contributed by atoms with Crippen molar-refractivity contribution in [2.24, 2.45) is 0 Å². The summed E-state index contributed by atoms with van der Waals surface area (Å²) < 4.78 is 45.6. The molecule has 122 valence electrons. The number of benzene rings is 1. The maximum Gasteiger partial charge on any atom is 0.244 e. The zero-order valence-corrected chi connectivity index (χ0v) is 13.6. The molecule has 0 aliphatic carbocycles. The summed E-state index contributed by atoms with van der Waals surface area (Å²) in [6.07, 6.45) is 3.47. The molecule has 1 aliphatic heterocycles. The first-order chi connectivity index (χ1) is 11.0. The van der Waals surface area contributed by atoms with Crippen LogP contribution < -0.4 is 4.74 Å². The summed E-state index contributed by atoms with van der Waals surface area (Å²) in [6, 6.07) is 6.80. The highest BCUT2D eigenvalue weighted by Gasteiger charge is 2.35. The van der Waals surface area contributed by atoms with Crippen molar-refractivity contribution in [3.63, 3.8) is 0 Å². The summed E-state index contributed by atoms with van der Waals surface area (Å²) in [5.41, 5.74) is 0. The van der Waals surface area contributed by atoms with Crippen LogP contribution in [0.15, 0.2) is 47.6 Å². The van der Waals surface area contributed by atoms with Gasteiger partial charge in [0.15, 0.2) is 0 Å². The van der Waals surface area contributed by atoms with Gasteiger partial charge in [-0.3, -0.25) is 4.98 Å². The molecule has 2 aromatic rings. The fourth-order valence-corrected chi connectivity index (χ4v) is 4.41. The van der Waals surface area contributed by atoms with Gasteiger partial charge in [-0.25, -0.2) is 12.8 Å². The second kappa shape index (κ2) is 6.43. The molecule has 3 rings (SSSR count). The Morgan fingerprint density at radius 1 is 1.35 bits per heavy atom. The zero-order valence-electron chi connectivity index (χ0n) is 12.0. The minimum absolute atomic E-state index is 0.00280. The fourth-order valence-electron chi connectivity index (χ4n) is 2.44. The van der Waals surface area contributed by atoms with Gasteiger partial charge in [0, 0.05) is 12.7 Å². The van der Waals surface area contributed by atoms with Crippen molar-refractivity contribution in [1.29, 1.82) is 0 Å². The molecule has 1 fully saturated rings. The third-order valence-electron chi connectivity index (χ3n) is 3.56. The van der Waals surface area contributed by atoms with Crippen LogP contribution in [-0.2, 0) is 10.0 Å². The first-order valence-corrected chi connectivity index (χ1v) is 8.80. The second-order valence-electron chi connectivity index (χ2n) is 5.16. The molecule has 0 radical (unpaired) electrons. The van der Waals surface area contributed by atoms with E-state index in [0.29, 0.717) is 18.7 Å². The van der Waals surface area contributed by atoms with E-state index < -0.39 is 15.8 Å². The molecule has 0 unspecified atom stereocenters. The topological polar surface area (TPSA) is 59.5 Å². The molecule has 0 bridgehead atoms. The third-order valence-corrected chi connectivity index (χ3v) is 5.90. The lowest BCUT2D eigenvalue weighted by Gasteiger charge is -2.18. The smallest absolute Gasteiger partial charge is 0.244 e. The predicted octanol–water partition coefficient (Wildman–Crippen LogP) is 2.72. The van der Waals surface area contributed by atoms with Crippen LogP contribution in [0, 0.1) is 5.82 Å². The monoisotopic (exact) mass is 356 g/mol. The van der Waals surface area contributed by atoms with E-state index in [2.05, 4.69) is 4.98 Å². The van der Waals surface area contributed by atoms with E-state index in [1.165, 1.54) is 10.4 Å². The molecular formula is C15H14ClFN2O3S. The van der Waals surface area contributed by atoms with Gasteiger partial charge in [0.2, 0.25) is 10.0 Å². The van der Waals surface area contributed by atoms with E-state index in [1.807, 2.05) is 0 Å². The van der Waals surface area contributed by atoms with Crippen molar-refractivity contribution in [2.75, 3.05) is 13.1 Å². The fraction of sp³-hybridized carbons (Fsp3) is 0.267. The molecule has 1 aliphatic rings. The number of sulfonamides is 1. The average molecular weight is 357 g/mol. The number of hydrogen-bond acceptors (Lipinski definition) is 4. The van der Waals surface area contributed by atoms with Crippen LogP contribution >= 0.6 is 11.6 Å². The number of halogens is 2. The van der Waals surface area contributed by atoms with E-state index in [9.17, 15) is 12.8 Å². The van der Waals surface area contributed by atoms with Crippen LogP contribution in [0.1, 0.15) is 6.42 Å². The van der Waals surface area contributed by atoms with Gasteiger partial charge in [0.05, 0.1) is 17.8 Å². The van der Waals surface area contributed by atoms with Gasteiger partial charge in [-0.2, -0.15) is 4.31 Å². The Balaban J connectivity index is 1.76. The highest BCUT2D eigenvalue weighted by Crippen LogP contribution is 2.28. The van der Waals surface area contributed by atoms with Crippen molar-refractivity contribution in [3.05, 3.63) is 53.6 Å². The van der Waals surface area contributed by atoms with E-state index in [1.54, 1.807) is 24.5 Å². The highest BCUT2D eigenvalue weighted by atomic mass is 35.5. The number of rotatable bonds is 4. The van der Waals surface area contributed by atoms with E-state index in [-0.39, 0.29) is 22.6 Å². The zero-order chi connectivity index (χ0) is 16.4. The van der Waals surface area contributed by atoms with Gasteiger partial charge in [-0.05, 0) is 36.8 Å². The van der Waals surface area contributed by atoms with Crippen LogP contribution in [-0.4, -0.2) is 36.9 Å². The molecule has 2 heterocycles.